The van der Waals surface area contributed by atoms with E-state index in [2.05, 4.69) is 15.5 Å². The first-order valence-corrected chi connectivity index (χ1v) is 7.97. The van der Waals surface area contributed by atoms with Gasteiger partial charge in [0.25, 0.3) is 5.89 Å². The van der Waals surface area contributed by atoms with Crippen LogP contribution in [0.4, 0.5) is 4.79 Å². The Labute approximate surface area is 141 Å². The van der Waals surface area contributed by atoms with Crippen LogP contribution in [0.2, 0.25) is 0 Å². The molecule has 24 heavy (non-hydrogen) atoms. The molecule has 130 valence electrons. The third kappa shape index (κ3) is 4.79. The van der Waals surface area contributed by atoms with Crippen LogP contribution in [0.25, 0.3) is 11.5 Å². The summed E-state index contributed by atoms with van der Waals surface area (Å²) in [5.41, 5.74) is -0.129. The molecule has 1 aromatic heterocycles. The maximum absolute atomic E-state index is 12.3. The summed E-state index contributed by atoms with van der Waals surface area (Å²) < 4.78 is 5.25. The van der Waals surface area contributed by atoms with E-state index in [1.807, 2.05) is 37.3 Å². The number of benzene rings is 1. The third-order valence-electron chi connectivity index (χ3n) is 3.44. The quantitative estimate of drug-likeness (QED) is 0.848. The Morgan fingerprint density at radius 2 is 2.04 bits per heavy atom. The molecule has 2 rings (SSSR count). The van der Waals surface area contributed by atoms with E-state index in [4.69, 9.17) is 4.52 Å². The van der Waals surface area contributed by atoms with Crippen molar-refractivity contribution in [1.82, 2.24) is 20.4 Å². The number of hydrogen-bond acceptors (Lipinski definition) is 5. The van der Waals surface area contributed by atoms with E-state index in [1.54, 1.807) is 20.8 Å². The summed E-state index contributed by atoms with van der Waals surface area (Å²) in [6, 6.07) is 8.75. The second-order valence-electron chi connectivity index (χ2n) is 6.32. The number of carbonyl (C=O) groups excluding carboxylic acids is 1. The van der Waals surface area contributed by atoms with Crippen LogP contribution in [0.3, 0.4) is 0 Å². The second-order valence-corrected chi connectivity index (χ2v) is 6.32. The van der Waals surface area contributed by atoms with Gasteiger partial charge in [0.05, 0.1) is 18.2 Å². The molecule has 0 bridgehead atoms. The van der Waals surface area contributed by atoms with E-state index in [1.165, 1.54) is 4.90 Å². The first-order chi connectivity index (χ1) is 11.3. The molecule has 0 aliphatic carbocycles. The predicted molar refractivity (Wildman–Crippen MR) is 90.2 cm³/mol. The van der Waals surface area contributed by atoms with Gasteiger partial charge in [0, 0.05) is 12.1 Å². The highest BCUT2D eigenvalue weighted by Gasteiger charge is 2.24. The highest BCUT2D eigenvalue weighted by molar-refractivity contribution is 5.74. The molecule has 1 aromatic carbocycles. The van der Waals surface area contributed by atoms with Crippen molar-refractivity contribution in [2.24, 2.45) is 0 Å². The molecule has 1 unspecified atom stereocenters. The number of aromatic nitrogens is 2. The molecule has 0 saturated heterocycles. The molecule has 1 atom stereocenters. The predicted octanol–water partition coefficient (Wildman–Crippen LogP) is 2.60. The second kappa shape index (κ2) is 7.44. The molecule has 1 heterocycles. The minimum atomic E-state index is -0.955. The lowest BCUT2D eigenvalue weighted by molar-refractivity contribution is 0.0476. The number of carbonyl (C=O) groups is 1. The largest absolute Gasteiger partial charge is 0.389 e. The summed E-state index contributed by atoms with van der Waals surface area (Å²) in [7, 11) is 0. The molecule has 7 heteroatoms. The number of aliphatic hydroxyl groups is 1. The van der Waals surface area contributed by atoms with Crippen molar-refractivity contribution in [2.75, 3.05) is 13.1 Å². The van der Waals surface area contributed by atoms with Crippen LogP contribution in [0, 0.1) is 0 Å². The Balaban J connectivity index is 2.03. The number of likely N-dealkylation sites (N-methyl/N-ethyl adjacent to an activating group) is 1. The Kier molecular flexibility index (Phi) is 5.56. The molecule has 0 aliphatic heterocycles. The van der Waals surface area contributed by atoms with Crippen molar-refractivity contribution in [1.29, 1.82) is 0 Å². The van der Waals surface area contributed by atoms with Gasteiger partial charge < -0.3 is 19.8 Å². The molecule has 2 amide bonds. The summed E-state index contributed by atoms with van der Waals surface area (Å²) in [6.45, 7) is 7.70. The van der Waals surface area contributed by atoms with Gasteiger partial charge in [-0.15, -0.1) is 0 Å². The summed E-state index contributed by atoms with van der Waals surface area (Å²) in [4.78, 5) is 18.2. The van der Waals surface area contributed by atoms with Gasteiger partial charge in [-0.25, -0.2) is 4.79 Å². The summed E-state index contributed by atoms with van der Waals surface area (Å²) in [5, 5.41) is 16.6. The molecule has 0 aliphatic rings. The summed E-state index contributed by atoms with van der Waals surface area (Å²) >= 11 is 0. The Morgan fingerprint density at radius 3 is 2.62 bits per heavy atom. The van der Waals surface area contributed by atoms with Crippen LogP contribution in [0.15, 0.2) is 34.9 Å². The molecule has 0 fully saturated rings. The highest BCUT2D eigenvalue weighted by atomic mass is 16.5. The Morgan fingerprint density at radius 1 is 1.38 bits per heavy atom. The standard InChI is InChI=1S/C17H24N4O3/c1-5-21(11-17(3,4)23)16(22)18-12(2)14-19-15(24-20-14)13-9-7-6-8-10-13/h6-10,12,23H,5,11H2,1-4H3,(H,18,22). The molecule has 0 saturated carbocycles. The number of rotatable bonds is 6. The normalized spacial score (nSPS) is 12.7. The average Bonchev–Trinajstić information content (AvgIpc) is 3.02. The average molecular weight is 332 g/mol. The van der Waals surface area contributed by atoms with Crippen LogP contribution in [-0.2, 0) is 0 Å². The highest BCUT2D eigenvalue weighted by Crippen LogP contribution is 2.19. The molecule has 2 N–H and O–H groups in total. The van der Waals surface area contributed by atoms with Gasteiger partial charge in [0.15, 0.2) is 5.82 Å². The van der Waals surface area contributed by atoms with Crippen molar-refractivity contribution in [2.45, 2.75) is 39.3 Å². The van der Waals surface area contributed by atoms with Gasteiger partial charge in [-0.2, -0.15) is 4.98 Å². The Bertz CT molecular complexity index is 664. The van der Waals surface area contributed by atoms with Crippen LogP contribution < -0.4 is 5.32 Å². The lowest BCUT2D eigenvalue weighted by atomic mass is 10.1. The zero-order chi connectivity index (χ0) is 17.7. The maximum atomic E-state index is 12.3. The van der Waals surface area contributed by atoms with Gasteiger partial charge in [0.1, 0.15) is 0 Å². The molecular weight excluding hydrogens is 308 g/mol. The number of amides is 2. The minimum absolute atomic E-state index is 0.240. The zero-order valence-electron chi connectivity index (χ0n) is 14.5. The molecule has 0 spiro atoms. The van der Waals surface area contributed by atoms with Gasteiger partial charge in [-0.05, 0) is 39.8 Å². The fourth-order valence-corrected chi connectivity index (χ4v) is 2.24. The number of urea groups is 1. The lowest BCUT2D eigenvalue weighted by Gasteiger charge is -2.29. The molecule has 0 radical (unpaired) electrons. The van der Waals surface area contributed by atoms with Crippen LogP contribution in [0.1, 0.15) is 39.6 Å². The summed E-state index contributed by atoms with van der Waals surface area (Å²) in [6.07, 6.45) is 0. The SMILES string of the molecule is CCN(CC(C)(C)O)C(=O)NC(C)c1noc(-c2ccccc2)n1. The monoisotopic (exact) mass is 332 g/mol. The van der Waals surface area contributed by atoms with Gasteiger partial charge in [0.2, 0.25) is 0 Å². The van der Waals surface area contributed by atoms with Crippen molar-refractivity contribution in [3.8, 4) is 11.5 Å². The van der Waals surface area contributed by atoms with Crippen molar-refractivity contribution < 1.29 is 14.4 Å². The van der Waals surface area contributed by atoms with Crippen LogP contribution in [0.5, 0.6) is 0 Å². The molecule has 7 nitrogen and oxygen atoms in total. The zero-order valence-corrected chi connectivity index (χ0v) is 14.5. The van der Waals surface area contributed by atoms with E-state index in [0.29, 0.717) is 18.3 Å². The number of nitrogens with one attached hydrogen (secondary N) is 1. The van der Waals surface area contributed by atoms with Crippen molar-refractivity contribution in [3.05, 3.63) is 36.2 Å². The van der Waals surface area contributed by atoms with Crippen molar-refractivity contribution >= 4 is 6.03 Å². The topological polar surface area (TPSA) is 91.5 Å². The van der Waals surface area contributed by atoms with Gasteiger partial charge >= 0.3 is 6.03 Å². The van der Waals surface area contributed by atoms with Gasteiger partial charge in [-0.3, -0.25) is 0 Å². The minimum Gasteiger partial charge on any atom is -0.389 e. The molecular formula is C17H24N4O3. The van der Waals surface area contributed by atoms with E-state index in [9.17, 15) is 9.90 Å². The molecule has 2 aromatic rings. The summed E-state index contributed by atoms with van der Waals surface area (Å²) in [5.74, 6) is 0.817. The van der Waals surface area contributed by atoms with E-state index < -0.39 is 11.6 Å². The maximum Gasteiger partial charge on any atom is 0.318 e. The number of nitrogens with zero attached hydrogens (tertiary/aromatic N) is 3. The van der Waals surface area contributed by atoms with E-state index in [-0.39, 0.29) is 12.6 Å². The van der Waals surface area contributed by atoms with E-state index >= 15 is 0 Å². The lowest BCUT2D eigenvalue weighted by Crippen LogP contribution is -2.47. The fourth-order valence-electron chi connectivity index (χ4n) is 2.24. The van der Waals surface area contributed by atoms with Crippen LogP contribution >= 0.6 is 0 Å². The third-order valence-corrected chi connectivity index (χ3v) is 3.44. The van der Waals surface area contributed by atoms with E-state index in [0.717, 1.165) is 5.56 Å². The first kappa shape index (κ1) is 17.9. The Hall–Kier alpha value is -2.41. The smallest absolute Gasteiger partial charge is 0.318 e. The fraction of sp³-hybridized carbons (Fsp3) is 0.471. The van der Waals surface area contributed by atoms with Crippen molar-refractivity contribution in [3.63, 3.8) is 0 Å². The van der Waals surface area contributed by atoms with Gasteiger partial charge in [-0.1, -0.05) is 23.4 Å². The number of hydrogen-bond donors (Lipinski definition) is 2. The van der Waals surface area contributed by atoms with Crippen LogP contribution in [-0.4, -0.2) is 44.9 Å². The first-order valence-electron chi connectivity index (χ1n) is 7.97.